The van der Waals surface area contributed by atoms with E-state index in [-0.39, 0.29) is 154 Å². The molecule has 0 saturated carbocycles. The Labute approximate surface area is 590 Å². The Morgan fingerprint density at radius 3 is 1.88 bits per heavy atom. The predicted molar refractivity (Wildman–Crippen MR) is 356 cm³/mol. The summed E-state index contributed by atoms with van der Waals surface area (Å²) in [5.41, 5.74) is 5.37. The van der Waals surface area contributed by atoms with E-state index in [1.807, 2.05) is 4.58 Å². The van der Waals surface area contributed by atoms with Crippen LogP contribution in [0.4, 0.5) is 17.2 Å². The number of carbonyl (C=O) groups is 2. The first kappa shape index (κ1) is 85.5. The first-order chi connectivity index (χ1) is 47.7. The van der Waals surface area contributed by atoms with E-state index in [4.69, 9.17) is 43.9 Å². The van der Waals surface area contributed by atoms with Gasteiger partial charge in [0.1, 0.15) is 50.9 Å². The van der Waals surface area contributed by atoms with Gasteiger partial charge in [0.2, 0.25) is 17.5 Å². The fourth-order valence-electron chi connectivity index (χ4n) is 12.0. The summed E-state index contributed by atoms with van der Waals surface area (Å²) in [5.74, 6) is -2.27. The molecule has 3 aliphatic heterocycles. The van der Waals surface area contributed by atoms with Gasteiger partial charge in [-0.2, -0.15) is 9.56 Å². The number of hydrogen-bond acceptors (Lipinski definition) is 29. The number of methoxy groups -OCH3 is 1. The molecule has 1 saturated heterocycles. The molecule has 0 spiro atoms. The summed E-state index contributed by atoms with van der Waals surface area (Å²) in [5, 5.41) is 16.3. The van der Waals surface area contributed by atoms with Crippen molar-refractivity contribution in [2.24, 2.45) is 0 Å². The number of phosphoric acid groups is 2. The molecule has 3 aliphatic rings. The SMILES string of the molecule is COCCN1/C(=C/C=C/C2=[N+](CCCCCC(=O)NCCOCCOCCOCCOCCC(=O)NCCCc3cn([C@@H]4O[C@H](COP(=O)(O)O)C(OP(=O)(O)O)[C@@H]4O)c(=O)nc3N)c3ccc(S(=O)(=O)[O-])cc3C2(C)CCCS(=O)(=O)[O-])C(C)(CCCS(=O)(=O)[O-])c2cc(S(=O)(=O)[O-])ccc21. The molecule has 3 unspecified atom stereocenters. The normalized spacial score (nSPS) is 20.8. The molecule has 43 heteroatoms. The summed E-state index contributed by atoms with van der Waals surface area (Å²) in [7, 11) is -28.3. The van der Waals surface area contributed by atoms with Crippen LogP contribution in [-0.2, 0) is 114 Å². The molecule has 6 rings (SSSR count). The molecule has 574 valence electrons. The second-order valence-corrected chi connectivity index (χ2v) is 32.5. The number of nitrogen functional groups attached to an aromatic ring is 1. The van der Waals surface area contributed by atoms with Crippen molar-refractivity contribution in [1.29, 1.82) is 0 Å². The number of nitrogens with two attached hydrogens (primary N) is 1. The topological polar surface area (TPSA) is 563 Å². The third-order valence-electron chi connectivity index (χ3n) is 16.9. The highest BCUT2D eigenvalue weighted by Gasteiger charge is 2.51. The van der Waals surface area contributed by atoms with Crippen molar-refractivity contribution < 1.29 is 137 Å². The zero-order chi connectivity index (χ0) is 75.5. The molecule has 1 fully saturated rings. The zero-order valence-electron chi connectivity index (χ0n) is 56.0. The quantitative estimate of drug-likeness (QED) is 0.0162. The van der Waals surface area contributed by atoms with Crippen molar-refractivity contribution in [3.05, 3.63) is 93.7 Å². The number of anilines is 2. The standard InChI is InChI=1S/C59H89N7O30P2S4/c1-58(20-9-35-99(77,78)79)44-37-42(101(83,84)85)15-17-46(44)64(49(58)12-7-13-50-59(2,21-10-36-100(80,81)82)45-38-43(102(86,87)88)16-18-47(45)65(50)25-28-89-3)24-6-4-5-14-51(67)62-23-27-91-30-32-93-34-33-92-31-29-90-26-19-52(68)61-22-8-11-41-39-66(57(70)63-55(41)60)56-53(69)54(96-98(74,75)76)48(95-56)40-94-97(71,72)73/h7,12-13,15-18,37-39,48,53-54,56,69H,4-6,8-11,14,19-36,40H2,1-3H3,(H11-,60,61,62,63,67,68,70,71,72,73,74,75,76,77,78,79,80,81,82,83,84,85,86,87,88)/p-3/t48-,53+,54?,56-,58?,59?/m1/s1. The van der Waals surface area contributed by atoms with E-state index in [0.717, 1.165) is 16.7 Å². The molecule has 6 atom stereocenters. The molecule has 4 heterocycles. The monoisotopic (exact) mass is 1560 g/mol. The van der Waals surface area contributed by atoms with Crippen LogP contribution in [0.1, 0.15) is 101 Å². The number of aliphatic hydroxyl groups excluding tert-OH is 1. The van der Waals surface area contributed by atoms with Gasteiger partial charge in [0.25, 0.3) is 0 Å². The van der Waals surface area contributed by atoms with Gasteiger partial charge >= 0.3 is 21.3 Å². The van der Waals surface area contributed by atoms with Crippen LogP contribution >= 0.6 is 15.6 Å². The minimum atomic E-state index is -5.29. The Kier molecular flexibility index (Phi) is 31.6. The Bertz CT molecular complexity index is 4130. The third-order valence-corrected chi connectivity index (χ3v) is 21.1. The van der Waals surface area contributed by atoms with Crippen molar-refractivity contribution in [3.63, 3.8) is 0 Å². The highest BCUT2D eigenvalue weighted by molar-refractivity contribution is 7.86. The van der Waals surface area contributed by atoms with Gasteiger partial charge in [-0.15, -0.1) is 0 Å². The highest BCUT2D eigenvalue weighted by Crippen LogP contribution is 2.52. The van der Waals surface area contributed by atoms with E-state index in [0.29, 0.717) is 59.6 Å². The number of benzene rings is 2. The molecule has 2 aromatic carbocycles. The minimum absolute atomic E-state index is 0.00354. The molecule has 1 aromatic heterocycles. The van der Waals surface area contributed by atoms with Crippen LogP contribution in [0.15, 0.2) is 81.1 Å². The van der Waals surface area contributed by atoms with E-state index in [2.05, 4.69) is 24.7 Å². The molecular weight excluding hydrogens is 1480 g/mol. The number of amides is 2. The maximum absolute atomic E-state index is 12.9. The second kappa shape index (κ2) is 37.7. The lowest BCUT2D eigenvalue weighted by atomic mass is 9.75. The number of hydrogen-bond donors (Lipinski definition) is 8. The van der Waals surface area contributed by atoms with Crippen LogP contribution in [0.25, 0.3) is 0 Å². The smallest absolute Gasteiger partial charge is 0.470 e. The van der Waals surface area contributed by atoms with E-state index in [9.17, 15) is 90.3 Å². The number of nitrogens with one attached hydrogen (secondary N) is 2. The van der Waals surface area contributed by atoms with E-state index in [1.165, 1.54) is 37.6 Å². The number of fused-ring (bicyclic) bond motifs is 2. The number of aryl methyl sites for hydroxylation is 1. The summed E-state index contributed by atoms with van der Waals surface area (Å²) >= 11 is 0. The van der Waals surface area contributed by atoms with Gasteiger partial charge in [-0.05, 0) is 107 Å². The van der Waals surface area contributed by atoms with E-state index in [1.54, 1.807) is 37.0 Å². The summed E-state index contributed by atoms with van der Waals surface area (Å²) in [6.45, 7) is 5.01. The molecule has 37 nitrogen and oxygen atoms in total. The van der Waals surface area contributed by atoms with Gasteiger partial charge in [-0.25, -0.2) is 47.6 Å². The van der Waals surface area contributed by atoms with E-state index >= 15 is 0 Å². The molecule has 9 N–H and O–H groups in total. The molecule has 0 radical (unpaired) electrons. The number of nitrogens with zero attached hydrogens (tertiary/aromatic N) is 4. The molecule has 0 aliphatic carbocycles. The fourth-order valence-corrected chi connectivity index (χ4v) is 15.0. The van der Waals surface area contributed by atoms with Crippen molar-refractivity contribution in [2.45, 2.75) is 130 Å². The van der Waals surface area contributed by atoms with Crippen LogP contribution < -0.4 is 27.0 Å². The van der Waals surface area contributed by atoms with Crippen molar-refractivity contribution in [3.8, 4) is 0 Å². The number of phosphoric ester groups is 2. The van der Waals surface area contributed by atoms with Crippen LogP contribution in [0.3, 0.4) is 0 Å². The summed E-state index contributed by atoms with van der Waals surface area (Å²) in [6.07, 6.45) is 0.657. The van der Waals surface area contributed by atoms with Gasteiger partial charge in [0, 0.05) is 104 Å². The first-order valence-corrected chi connectivity index (χ1v) is 41.1. The van der Waals surface area contributed by atoms with Crippen molar-refractivity contribution in [2.75, 3.05) is 121 Å². The summed E-state index contributed by atoms with van der Waals surface area (Å²) in [4.78, 5) is 79.3. The molecule has 3 aromatic rings. The Hall–Kier alpha value is -5.41. The average Bonchev–Trinajstić information content (AvgIpc) is 1.58. The number of aromatic nitrogens is 2. The number of rotatable bonds is 46. The molecule has 0 bridgehead atoms. The Balaban J connectivity index is 0.916. The summed E-state index contributed by atoms with van der Waals surface area (Å²) < 4.78 is 213. The van der Waals surface area contributed by atoms with Crippen LogP contribution in [0.2, 0.25) is 0 Å². The van der Waals surface area contributed by atoms with Crippen LogP contribution in [-0.4, -0.2) is 237 Å². The first-order valence-electron chi connectivity index (χ1n) is 32.0. The maximum atomic E-state index is 12.9. The maximum Gasteiger partial charge on any atom is 0.470 e. The number of unbranched alkanes of at least 4 members (excludes halogenated alkanes) is 2. The fraction of sp³-hybridized carbons (Fsp3) is 0.610. The lowest BCUT2D eigenvalue weighted by molar-refractivity contribution is -0.438. The predicted octanol–water partition coefficient (Wildman–Crippen LogP) is 0.233. The van der Waals surface area contributed by atoms with Crippen LogP contribution in [0, 0.1) is 0 Å². The zero-order valence-corrected chi connectivity index (χ0v) is 61.1. The van der Waals surface area contributed by atoms with Gasteiger partial charge in [-0.3, -0.25) is 23.2 Å². The van der Waals surface area contributed by atoms with E-state index < -0.39 is 125 Å². The average molecular weight is 1560 g/mol. The minimum Gasteiger partial charge on any atom is -0.748 e. The van der Waals surface area contributed by atoms with Crippen molar-refractivity contribution >= 4 is 90.8 Å². The largest absolute Gasteiger partial charge is 0.748 e. The number of carbonyl (C=O) groups excluding carboxylic acids is 2. The number of ether oxygens (including phenoxy) is 6. The Morgan fingerprint density at radius 2 is 1.29 bits per heavy atom. The molecular formula is C59H86N7O30P2S4-3. The van der Waals surface area contributed by atoms with Gasteiger partial charge in [0.15, 0.2) is 11.9 Å². The van der Waals surface area contributed by atoms with Crippen molar-refractivity contribution in [1.82, 2.24) is 20.2 Å². The lowest BCUT2D eigenvalue weighted by Crippen LogP contribution is -2.38. The Morgan fingerprint density at radius 1 is 0.725 bits per heavy atom. The molecule has 102 heavy (non-hydrogen) atoms. The third kappa shape index (κ3) is 26.0. The van der Waals surface area contributed by atoms with Gasteiger partial charge in [-0.1, -0.05) is 6.08 Å². The van der Waals surface area contributed by atoms with Crippen LogP contribution in [0.5, 0.6) is 0 Å². The van der Waals surface area contributed by atoms with Gasteiger partial charge < -0.3 is 92.6 Å². The summed E-state index contributed by atoms with van der Waals surface area (Å²) in [6, 6.07) is 7.65. The lowest BCUT2D eigenvalue weighted by Gasteiger charge is -2.30. The second-order valence-electron chi connectivity index (χ2n) is 24.3. The van der Waals surface area contributed by atoms with Gasteiger partial charge in [0.05, 0.1) is 102 Å². The number of aliphatic hydroxyl groups is 1. The molecule has 2 amide bonds. The highest BCUT2D eigenvalue weighted by atomic mass is 32.2. The number of allylic oxidation sites excluding steroid dienone is 4.